The number of hydrogen-bond acceptors (Lipinski definition) is 6. The number of nitrogens with one attached hydrogen (secondary N) is 1. The molecule has 0 saturated heterocycles. The standard InChI is InChI=1S/C35H32FN3O4S/c1-2-43-35(42)29-25(15-11-20-9-13-22(36)14-10-20)37-32-26-8-5-19-39(26)34(41)31(32)30(29)27-17-18-28(44-27)33(40)38-24-16-12-21-6-3-4-7-23(21)24/h3-4,6-7,9-10,13-14,17-18,24,41H,2,5,8,11-12,15-16,19H2,1H3,(H,38,40)/t24-/m1/s1. The maximum atomic E-state index is 13.7. The molecule has 5 aromatic rings. The Labute approximate surface area is 258 Å². The third-order valence-corrected chi connectivity index (χ3v) is 9.81. The van der Waals surface area contributed by atoms with Gasteiger partial charge in [0.1, 0.15) is 5.82 Å². The summed E-state index contributed by atoms with van der Waals surface area (Å²) in [5, 5.41) is 15.2. The van der Waals surface area contributed by atoms with Crippen LogP contribution in [0.25, 0.3) is 21.3 Å². The van der Waals surface area contributed by atoms with E-state index in [-0.39, 0.29) is 30.3 Å². The van der Waals surface area contributed by atoms with Gasteiger partial charge in [0, 0.05) is 22.7 Å². The summed E-state index contributed by atoms with van der Waals surface area (Å²) in [5.41, 5.74) is 6.31. The minimum atomic E-state index is -0.529. The van der Waals surface area contributed by atoms with Gasteiger partial charge in [0.05, 0.1) is 39.7 Å². The fourth-order valence-corrected chi connectivity index (χ4v) is 7.61. The van der Waals surface area contributed by atoms with Crippen LogP contribution in [0.5, 0.6) is 5.88 Å². The second-order valence-corrected chi connectivity index (χ2v) is 12.4. The zero-order valence-electron chi connectivity index (χ0n) is 24.4. The second kappa shape index (κ2) is 11.5. The summed E-state index contributed by atoms with van der Waals surface area (Å²) in [4.78, 5) is 33.3. The van der Waals surface area contributed by atoms with Crippen LogP contribution in [-0.2, 0) is 37.0 Å². The highest BCUT2D eigenvalue weighted by atomic mass is 32.1. The molecule has 224 valence electrons. The lowest BCUT2D eigenvalue weighted by Crippen LogP contribution is -2.26. The zero-order valence-corrected chi connectivity index (χ0v) is 25.2. The SMILES string of the molecule is CCOC(=O)c1c(CCc2ccc(F)cc2)nc2c3n(c(O)c2c1-c1ccc(C(=O)N[C@@H]2CCc4ccccc42)s1)CCC3. The van der Waals surface area contributed by atoms with Gasteiger partial charge in [0.25, 0.3) is 5.91 Å². The van der Waals surface area contributed by atoms with Crippen LogP contribution in [0.4, 0.5) is 4.39 Å². The average Bonchev–Trinajstić information content (AvgIpc) is 3.83. The highest BCUT2D eigenvalue weighted by Gasteiger charge is 2.32. The number of aromatic hydroxyl groups is 1. The van der Waals surface area contributed by atoms with Gasteiger partial charge in [-0.25, -0.2) is 14.2 Å². The molecule has 0 fully saturated rings. The van der Waals surface area contributed by atoms with E-state index in [1.54, 1.807) is 25.1 Å². The van der Waals surface area contributed by atoms with Crippen LogP contribution in [-0.4, -0.2) is 33.1 Å². The number of benzene rings is 2. The van der Waals surface area contributed by atoms with Crippen LogP contribution >= 0.6 is 11.3 Å². The number of ether oxygens (including phenoxy) is 1. The number of rotatable bonds is 8. The average molecular weight is 610 g/mol. The lowest BCUT2D eigenvalue weighted by atomic mass is 9.96. The molecule has 0 unspecified atom stereocenters. The van der Waals surface area contributed by atoms with Crippen molar-refractivity contribution in [3.8, 4) is 16.3 Å². The number of carbonyl (C=O) groups excluding carboxylic acids is 2. The molecule has 0 bridgehead atoms. The van der Waals surface area contributed by atoms with Gasteiger partial charge < -0.3 is 19.7 Å². The van der Waals surface area contributed by atoms with Crippen LogP contribution in [0.15, 0.2) is 60.7 Å². The van der Waals surface area contributed by atoms with E-state index < -0.39 is 5.97 Å². The van der Waals surface area contributed by atoms with E-state index in [1.807, 2.05) is 22.8 Å². The number of amides is 1. The number of nitrogens with zero attached hydrogens (tertiary/aromatic N) is 2. The molecular weight excluding hydrogens is 577 g/mol. The first-order valence-electron chi connectivity index (χ1n) is 15.1. The fourth-order valence-electron chi connectivity index (χ4n) is 6.65. The molecule has 4 heterocycles. The molecule has 1 aliphatic heterocycles. The molecule has 9 heteroatoms. The van der Waals surface area contributed by atoms with Gasteiger partial charge in [0.2, 0.25) is 5.88 Å². The first kappa shape index (κ1) is 28.3. The Morgan fingerprint density at radius 3 is 2.73 bits per heavy atom. The zero-order chi connectivity index (χ0) is 30.4. The second-order valence-electron chi connectivity index (χ2n) is 11.3. The number of carbonyl (C=O) groups is 2. The molecule has 0 saturated carbocycles. The summed E-state index contributed by atoms with van der Waals surface area (Å²) in [6.07, 6.45) is 4.38. The van der Waals surface area contributed by atoms with Crippen molar-refractivity contribution in [3.05, 3.63) is 105 Å². The molecule has 44 heavy (non-hydrogen) atoms. The summed E-state index contributed by atoms with van der Waals surface area (Å²) in [5.74, 6) is -0.935. The minimum absolute atomic E-state index is 0.0523. The number of halogens is 1. The number of pyridine rings is 1. The highest BCUT2D eigenvalue weighted by Crippen LogP contribution is 2.45. The van der Waals surface area contributed by atoms with Crippen molar-refractivity contribution >= 4 is 34.1 Å². The van der Waals surface area contributed by atoms with E-state index in [1.165, 1.54) is 29.0 Å². The van der Waals surface area contributed by atoms with Crippen LogP contribution in [0, 0.1) is 5.82 Å². The normalized spacial score (nSPS) is 15.4. The largest absolute Gasteiger partial charge is 0.494 e. The van der Waals surface area contributed by atoms with Gasteiger partial charge in [0.15, 0.2) is 0 Å². The van der Waals surface area contributed by atoms with E-state index in [0.717, 1.165) is 42.5 Å². The van der Waals surface area contributed by atoms with E-state index in [0.29, 0.717) is 56.9 Å². The molecule has 1 atom stereocenters. The van der Waals surface area contributed by atoms with Crippen molar-refractivity contribution in [3.63, 3.8) is 0 Å². The number of esters is 1. The Hall–Kier alpha value is -4.50. The first-order chi connectivity index (χ1) is 21.4. The molecular formula is C35H32FN3O4S. The molecule has 2 N–H and O–H groups in total. The van der Waals surface area contributed by atoms with Crippen molar-refractivity contribution in [2.75, 3.05) is 6.61 Å². The van der Waals surface area contributed by atoms with Crippen molar-refractivity contribution in [1.29, 1.82) is 0 Å². The molecule has 1 aliphatic carbocycles. The van der Waals surface area contributed by atoms with Gasteiger partial charge in [-0.15, -0.1) is 11.3 Å². The number of aromatic nitrogens is 2. The van der Waals surface area contributed by atoms with E-state index >= 15 is 0 Å². The topological polar surface area (TPSA) is 93.4 Å². The van der Waals surface area contributed by atoms with E-state index in [2.05, 4.69) is 17.4 Å². The molecule has 0 spiro atoms. The summed E-state index contributed by atoms with van der Waals surface area (Å²) >= 11 is 1.29. The summed E-state index contributed by atoms with van der Waals surface area (Å²) < 4.78 is 21.0. The maximum absolute atomic E-state index is 13.7. The fraction of sp³-hybridized carbons (Fsp3) is 0.286. The number of aryl methyl sites for hydroxylation is 4. The molecule has 1 amide bonds. The Balaban J connectivity index is 1.32. The Morgan fingerprint density at radius 2 is 1.91 bits per heavy atom. The van der Waals surface area contributed by atoms with E-state index in [9.17, 15) is 19.1 Å². The van der Waals surface area contributed by atoms with Gasteiger partial charge >= 0.3 is 5.97 Å². The van der Waals surface area contributed by atoms with E-state index in [4.69, 9.17) is 9.72 Å². The highest BCUT2D eigenvalue weighted by molar-refractivity contribution is 7.17. The quantitative estimate of drug-likeness (QED) is 0.186. The van der Waals surface area contributed by atoms with Crippen molar-refractivity contribution in [1.82, 2.24) is 14.9 Å². The van der Waals surface area contributed by atoms with Crippen molar-refractivity contribution in [2.24, 2.45) is 0 Å². The van der Waals surface area contributed by atoms with Gasteiger partial charge in [-0.3, -0.25) is 4.79 Å². The number of thiophene rings is 1. The molecule has 7 nitrogen and oxygen atoms in total. The molecule has 7 rings (SSSR count). The third-order valence-electron chi connectivity index (χ3n) is 8.70. The van der Waals surface area contributed by atoms with Crippen LogP contribution in [0.1, 0.15) is 73.9 Å². The molecule has 2 aromatic carbocycles. The molecule has 2 aliphatic rings. The van der Waals surface area contributed by atoms with Gasteiger partial charge in [-0.05, 0) is 86.4 Å². The summed E-state index contributed by atoms with van der Waals surface area (Å²) in [6, 6.07) is 18.0. The number of hydrogen-bond donors (Lipinski definition) is 2. The molecule has 3 aromatic heterocycles. The Kier molecular flexibility index (Phi) is 7.42. The Bertz CT molecular complexity index is 1910. The summed E-state index contributed by atoms with van der Waals surface area (Å²) in [7, 11) is 0. The predicted octanol–water partition coefficient (Wildman–Crippen LogP) is 6.93. The first-order valence-corrected chi connectivity index (χ1v) is 15.9. The summed E-state index contributed by atoms with van der Waals surface area (Å²) in [6.45, 7) is 2.59. The van der Waals surface area contributed by atoms with Crippen LogP contribution < -0.4 is 5.32 Å². The van der Waals surface area contributed by atoms with Crippen LogP contribution in [0.3, 0.4) is 0 Å². The Morgan fingerprint density at radius 1 is 1.09 bits per heavy atom. The van der Waals surface area contributed by atoms with Gasteiger partial charge in [-0.1, -0.05) is 36.4 Å². The lowest BCUT2D eigenvalue weighted by Gasteiger charge is -2.15. The minimum Gasteiger partial charge on any atom is -0.494 e. The lowest BCUT2D eigenvalue weighted by molar-refractivity contribution is 0.0525. The number of fused-ring (bicyclic) bond motifs is 4. The van der Waals surface area contributed by atoms with Gasteiger partial charge in [-0.2, -0.15) is 0 Å². The molecule has 0 radical (unpaired) electrons. The monoisotopic (exact) mass is 609 g/mol. The maximum Gasteiger partial charge on any atom is 0.340 e. The van der Waals surface area contributed by atoms with Crippen LogP contribution in [0.2, 0.25) is 0 Å². The third kappa shape index (κ3) is 4.95. The smallest absolute Gasteiger partial charge is 0.340 e. The van der Waals surface area contributed by atoms with Crippen molar-refractivity contribution in [2.45, 2.75) is 58.0 Å². The van der Waals surface area contributed by atoms with Crippen molar-refractivity contribution < 1.29 is 23.8 Å². The predicted molar refractivity (Wildman–Crippen MR) is 168 cm³/mol.